The van der Waals surface area contributed by atoms with Crippen molar-refractivity contribution in [2.24, 2.45) is 0 Å². The van der Waals surface area contributed by atoms with E-state index in [1.54, 1.807) is 6.20 Å². The molecule has 6 heteroatoms. The molecular weight excluding hydrogens is 304 g/mol. The highest BCUT2D eigenvalue weighted by Gasteiger charge is 2.43. The molecule has 4 rings (SSSR count). The molecule has 1 N–H and O–H groups in total. The number of H-pyrrole nitrogens is 1. The summed E-state index contributed by atoms with van der Waals surface area (Å²) in [6, 6.07) is 6.03. The summed E-state index contributed by atoms with van der Waals surface area (Å²) in [5.74, 6) is 0. The SMILES string of the molecule is c1cncc(CO[C@@H]2COC3(CCN(Cc4ccn[nH]4)CC3)C2)c1. The van der Waals surface area contributed by atoms with Crippen LogP contribution in [-0.2, 0) is 22.6 Å². The van der Waals surface area contributed by atoms with Gasteiger partial charge in [0, 0.05) is 50.3 Å². The third kappa shape index (κ3) is 3.66. The second-order valence-corrected chi connectivity index (χ2v) is 6.85. The first-order valence-corrected chi connectivity index (χ1v) is 8.66. The molecule has 0 bridgehead atoms. The number of rotatable bonds is 5. The fourth-order valence-corrected chi connectivity index (χ4v) is 3.69. The molecule has 128 valence electrons. The van der Waals surface area contributed by atoms with Crippen molar-refractivity contribution in [2.45, 2.75) is 44.1 Å². The molecule has 2 saturated heterocycles. The molecule has 2 aliphatic heterocycles. The number of nitrogens with one attached hydrogen (secondary N) is 1. The Kier molecular flexibility index (Phi) is 4.60. The highest BCUT2D eigenvalue weighted by molar-refractivity contribution is 5.07. The van der Waals surface area contributed by atoms with E-state index in [9.17, 15) is 0 Å². The van der Waals surface area contributed by atoms with E-state index < -0.39 is 0 Å². The average molecular weight is 328 g/mol. The number of hydrogen-bond acceptors (Lipinski definition) is 5. The van der Waals surface area contributed by atoms with E-state index in [1.165, 1.54) is 5.69 Å². The summed E-state index contributed by atoms with van der Waals surface area (Å²) in [5.41, 5.74) is 2.31. The van der Waals surface area contributed by atoms with Crippen molar-refractivity contribution in [1.29, 1.82) is 0 Å². The predicted octanol–water partition coefficient (Wildman–Crippen LogP) is 2.14. The van der Waals surface area contributed by atoms with Crippen LogP contribution in [-0.4, -0.2) is 51.5 Å². The lowest BCUT2D eigenvalue weighted by molar-refractivity contribution is -0.0470. The Hall–Kier alpha value is -1.76. The van der Waals surface area contributed by atoms with Crippen LogP contribution in [0.1, 0.15) is 30.5 Å². The molecule has 1 spiro atoms. The Bertz CT molecular complexity index is 624. The van der Waals surface area contributed by atoms with Gasteiger partial charge in [-0.05, 0) is 30.5 Å². The van der Waals surface area contributed by atoms with Gasteiger partial charge in [0.2, 0.25) is 0 Å². The van der Waals surface area contributed by atoms with Crippen LogP contribution in [0.25, 0.3) is 0 Å². The summed E-state index contributed by atoms with van der Waals surface area (Å²) in [4.78, 5) is 6.59. The number of pyridine rings is 1. The zero-order chi connectivity index (χ0) is 16.2. The molecule has 2 aromatic heterocycles. The van der Waals surface area contributed by atoms with Gasteiger partial charge in [0.25, 0.3) is 0 Å². The zero-order valence-electron chi connectivity index (χ0n) is 13.9. The van der Waals surface area contributed by atoms with E-state index in [0.29, 0.717) is 13.2 Å². The van der Waals surface area contributed by atoms with E-state index in [1.807, 2.05) is 30.6 Å². The Morgan fingerprint density at radius 2 is 2.21 bits per heavy atom. The fourth-order valence-electron chi connectivity index (χ4n) is 3.69. The molecule has 4 heterocycles. The second-order valence-electron chi connectivity index (χ2n) is 6.85. The predicted molar refractivity (Wildman–Crippen MR) is 89.2 cm³/mol. The van der Waals surface area contributed by atoms with Crippen molar-refractivity contribution in [3.8, 4) is 0 Å². The molecular formula is C18H24N4O2. The summed E-state index contributed by atoms with van der Waals surface area (Å²) < 4.78 is 12.2. The first-order valence-electron chi connectivity index (χ1n) is 8.66. The summed E-state index contributed by atoms with van der Waals surface area (Å²) in [5, 5.41) is 7.05. The minimum absolute atomic E-state index is 0.0179. The van der Waals surface area contributed by atoms with E-state index in [2.05, 4.69) is 20.1 Å². The number of likely N-dealkylation sites (tertiary alicyclic amines) is 1. The van der Waals surface area contributed by atoms with Crippen LogP contribution < -0.4 is 0 Å². The number of aromatic amines is 1. The topological polar surface area (TPSA) is 63.3 Å². The van der Waals surface area contributed by atoms with Gasteiger partial charge in [-0.2, -0.15) is 5.10 Å². The lowest BCUT2D eigenvalue weighted by Crippen LogP contribution is -2.44. The Balaban J connectivity index is 1.24. The number of aromatic nitrogens is 3. The first kappa shape index (κ1) is 15.7. The Morgan fingerprint density at radius 1 is 1.29 bits per heavy atom. The average Bonchev–Trinajstić information content (AvgIpc) is 3.27. The van der Waals surface area contributed by atoms with Crippen molar-refractivity contribution in [1.82, 2.24) is 20.1 Å². The fraction of sp³-hybridized carbons (Fsp3) is 0.556. The van der Waals surface area contributed by atoms with Gasteiger partial charge in [-0.15, -0.1) is 0 Å². The minimum Gasteiger partial charge on any atom is -0.372 e. The standard InChI is InChI=1S/C18H24N4O2/c1-2-15(11-19-6-1)13-23-17-10-18(24-14-17)4-8-22(9-5-18)12-16-3-7-20-21-16/h1-3,6-7,11,17H,4-5,8-10,12-14H2,(H,20,21)/t17-/m0/s1. The molecule has 0 radical (unpaired) electrons. The highest BCUT2D eigenvalue weighted by Crippen LogP contribution is 2.37. The van der Waals surface area contributed by atoms with Crippen molar-refractivity contribution < 1.29 is 9.47 Å². The third-order valence-electron chi connectivity index (χ3n) is 5.10. The molecule has 0 saturated carbocycles. The van der Waals surface area contributed by atoms with Crippen LogP contribution >= 0.6 is 0 Å². The zero-order valence-corrected chi connectivity index (χ0v) is 13.9. The molecule has 2 fully saturated rings. The van der Waals surface area contributed by atoms with E-state index in [0.717, 1.165) is 44.5 Å². The van der Waals surface area contributed by atoms with Gasteiger partial charge in [-0.1, -0.05) is 6.07 Å². The largest absolute Gasteiger partial charge is 0.372 e. The summed E-state index contributed by atoms with van der Waals surface area (Å²) in [6.07, 6.45) is 8.82. The molecule has 6 nitrogen and oxygen atoms in total. The van der Waals surface area contributed by atoms with Crippen molar-refractivity contribution >= 4 is 0 Å². The van der Waals surface area contributed by atoms with Gasteiger partial charge in [-0.25, -0.2) is 0 Å². The monoisotopic (exact) mass is 328 g/mol. The van der Waals surface area contributed by atoms with Crippen molar-refractivity contribution in [2.75, 3.05) is 19.7 Å². The van der Waals surface area contributed by atoms with Crippen LogP contribution in [0.15, 0.2) is 36.8 Å². The number of ether oxygens (including phenoxy) is 2. The number of nitrogens with zero attached hydrogens (tertiary/aromatic N) is 3. The van der Waals surface area contributed by atoms with Gasteiger partial charge in [0.1, 0.15) is 0 Å². The molecule has 24 heavy (non-hydrogen) atoms. The minimum atomic E-state index is 0.0179. The van der Waals surface area contributed by atoms with Gasteiger partial charge in [0.15, 0.2) is 0 Å². The molecule has 1 atom stereocenters. The van der Waals surface area contributed by atoms with Crippen LogP contribution in [0.5, 0.6) is 0 Å². The Morgan fingerprint density at radius 3 is 2.96 bits per heavy atom. The van der Waals surface area contributed by atoms with Crippen molar-refractivity contribution in [3.63, 3.8) is 0 Å². The lowest BCUT2D eigenvalue weighted by Gasteiger charge is -2.38. The van der Waals surface area contributed by atoms with Crippen molar-refractivity contribution in [3.05, 3.63) is 48.0 Å². The maximum atomic E-state index is 6.18. The maximum absolute atomic E-state index is 6.18. The maximum Gasteiger partial charge on any atom is 0.0840 e. The first-order chi connectivity index (χ1) is 11.8. The number of hydrogen-bond donors (Lipinski definition) is 1. The lowest BCUT2D eigenvalue weighted by atomic mass is 9.88. The van der Waals surface area contributed by atoms with Crippen LogP contribution in [0.2, 0.25) is 0 Å². The number of piperidine rings is 1. The third-order valence-corrected chi connectivity index (χ3v) is 5.10. The molecule has 0 amide bonds. The summed E-state index contributed by atoms with van der Waals surface area (Å²) >= 11 is 0. The molecule has 0 aliphatic carbocycles. The van der Waals surface area contributed by atoms with Crippen LogP contribution in [0, 0.1) is 0 Å². The van der Waals surface area contributed by atoms with Gasteiger partial charge in [-0.3, -0.25) is 15.0 Å². The van der Waals surface area contributed by atoms with Gasteiger partial charge in [0.05, 0.1) is 24.9 Å². The molecule has 0 unspecified atom stereocenters. The molecule has 2 aliphatic rings. The molecule has 0 aromatic carbocycles. The second kappa shape index (κ2) is 7.01. The summed E-state index contributed by atoms with van der Waals surface area (Å²) in [7, 11) is 0. The molecule has 2 aromatic rings. The van der Waals surface area contributed by atoms with Gasteiger partial charge >= 0.3 is 0 Å². The normalized spacial score (nSPS) is 23.8. The smallest absolute Gasteiger partial charge is 0.0840 e. The van der Waals surface area contributed by atoms with E-state index in [4.69, 9.17) is 9.47 Å². The Labute approximate surface area is 142 Å². The van der Waals surface area contributed by atoms with Gasteiger partial charge < -0.3 is 9.47 Å². The quantitative estimate of drug-likeness (QED) is 0.911. The van der Waals surface area contributed by atoms with E-state index in [-0.39, 0.29) is 11.7 Å². The highest BCUT2D eigenvalue weighted by atomic mass is 16.6. The van der Waals surface area contributed by atoms with E-state index >= 15 is 0 Å². The van der Waals surface area contributed by atoms with Crippen LogP contribution in [0.4, 0.5) is 0 Å². The van der Waals surface area contributed by atoms with Crippen LogP contribution in [0.3, 0.4) is 0 Å². The summed E-state index contributed by atoms with van der Waals surface area (Å²) in [6.45, 7) is 4.39.